The Kier molecular flexibility index (Phi) is 5.96. The average Bonchev–Trinajstić information content (AvgIpc) is 3.38. The van der Waals surface area contributed by atoms with Crippen molar-refractivity contribution in [1.29, 1.82) is 0 Å². The Balaban J connectivity index is 1.16. The van der Waals surface area contributed by atoms with E-state index in [2.05, 4.69) is 20.6 Å². The van der Waals surface area contributed by atoms with Gasteiger partial charge in [-0.25, -0.2) is 4.98 Å². The summed E-state index contributed by atoms with van der Waals surface area (Å²) in [6.07, 6.45) is 3.32. The van der Waals surface area contributed by atoms with Crippen LogP contribution in [0.4, 0.5) is 0 Å². The number of H-pyrrole nitrogens is 1. The predicted molar refractivity (Wildman–Crippen MR) is 151 cm³/mol. The van der Waals surface area contributed by atoms with Gasteiger partial charge in [0.05, 0.1) is 16.3 Å². The van der Waals surface area contributed by atoms with Crippen LogP contribution in [-0.2, 0) is 9.59 Å². The summed E-state index contributed by atoms with van der Waals surface area (Å²) in [4.78, 5) is 63.1. The van der Waals surface area contributed by atoms with Crippen LogP contribution in [0.5, 0.6) is 0 Å². The van der Waals surface area contributed by atoms with Crippen molar-refractivity contribution in [2.45, 2.75) is 44.2 Å². The van der Waals surface area contributed by atoms with Crippen molar-refractivity contribution in [3.8, 4) is 0 Å². The molecule has 1 aliphatic carbocycles. The summed E-state index contributed by atoms with van der Waals surface area (Å²) < 4.78 is 0.885. The number of nitrogens with zero attached hydrogens (tertiary/aromatic N) is 2. The van der Waals surface area contributed by atoms with Gasteiger partial charge in [-0.05, 0) is 61.8 Å². The lowest BCUT2D eigenvalue weighted by molar-refractivity contribution is -0.126. The number of aromatic nitrogens is 2. The molecule has 7 rings (SSSR count). The largest absolute Gasteiger partial charge is 0.356 e. The molecule has 2 aliphatic heterocycles. The van der Waals surface area contributed by atoms with Gasteiger partial charge < -0.3 is 20.5 Å². The fourth-order valence-corrected chi connectivity index (χ4v) is 7.13. The number of carbonyl (C=O) groups is 4. The Labute approximate surface area is 234 Å². The molecule has 0 unspecified atom stereocenters. The molecule has 3 amide bonds. The highest BCUT2D eigenvalue weighted by Crippen LogP contribution is 2.55. The van der Waals surface area contributed by atoms with Crippen molar-refractivity contribution in [2.75, 3.05) is 13.1 Å². The van der Waals surface area contributed by atoms with Crippen LogP contribution in [0.3, 0.4) is 0 Å². The maximum Gasteiger partial charge on any atom is 0.271 e. The van der Waals surface area contributed by atoms with E-state index in [-0.39, 0.29) is 41.3 Å². The number of para-hydroxylation sites is 2. The predicted octanol–water partition coefficient (Wildman–Crippen LogP) is 3.67. The number of hydrogen-bond acceptors (Lipinski definition) is 6. The van der Waals surface area contributed by atoms with E-state index in [1.807, 2.05) is 54.6 Å². The minimum absolute atomic E-state index is 0.0401. The molecule has 3 N–H and O–H groups in total. The van der Waals surface area contributed by atoms with Crippen LogP contribution < -0.4 is 10.6 Å². The summed E-state index contributed by atoms with van der Waals surface area (Å²) in [5.41, 5.74) is 1.99. The maximum atomic E-state index is 13.9. The zero-order valence-corrected chi connectivity index (χ0v) is 22.6. The van der Waals surface area contributed by atoms with Crippen LogP contribution in [0.2, 0.25) is 0 Å². The number of benzene rings is 2. The molecule has 0 bridgehead atoms. The third kappa shape index (κ3) is 4.46. The molecule has 0 radical (unpaired) electrons. The van der Waals surface area contributed by atoms with Crippen molar-refractivity contribution in [3.63, 3.8) is 0 Å². The Bertz CT molecular complexity index is 1600. The first kappa shape index (κ1) is 25.0. The molecule has 2 saturated heterocycles. The molecule has 3 aliphatic rings. The number of amides is 3. The maximum absolute atomic E-state index is 13.9. The lowest BCUT2D eigenvalue weighted by atomic mass is 9.95. The van der Waals surface area contributed by atoms with Gasteiger partial charge in [-0.3, -0.25) is 19.2 Å². The number of likely N-dealkylation sites (tertiary alicyclic amines) is 1. The standard InChI is InChI=1S/C30H29N5O4S/c36-25(28-34-20-7-3-4-8-24(20)40-28)21(14-18-9-12-31-26(18)37)33-27(38)23-15-30(10-11-30)16-35(23)29(39)22-13-17-5-1-2-6-19(17)32-22/h1-8,13,18,21,23,32H,9-12,14-16H2,(H,31,37)(H,33,38)/t18-,21-,23-/m0/s1. The molecule has 1 spiro atoms. The number of carbonyl (C=O) groups excluding carboxylic acids is 4. The van der Waals surface area contributed by atoms with E-state index in [9.17, 15) is 19.2 Å². The number of rotatable bonds is 7. The van der Waals surface area contributed by atoms with Gasteiger partial charge in [0, 0.05) is 29.9 Å². The van der Waals surface area contributed by atoms with Gasteiger partial charge in [-0.1, -0.05) is 30.3 Å². The summed E-state index contributed by atoms with van der Waals surface area (Å²) >= 11 is 1.29. The smallest absolute Gasteiger partial charge is 0.271 e. The normalized spacial score (nSPS) is 22.1. The monoisotopic (exact) mass is 555 g/mol. The molecule has 3 atom stereocenters. The van der Waals surface area contributed by atoms with E-state index in [1.54, 1.807) is 4.90 Å². The number of aromatic amines is 1. The van der Waals surface area contributed by atoms with Crippen molar-refractivity contribution >= 4 is 56.0 Å². The van der Waals surface area contributed by atoms with E-state index in [0.29, 0.717) is 36.6 Å². The molecule has 4 heterocycles. The third-order valence-corrected chi connectivity index (χ3v) is 9.66. The molecule has 40 heavy (non-hydrogen) atoms. The molecule has 9 nitrogen and oxygen atoms in total. The first-order valence-electron chi connectivity index (χ1n) is 13.8. The molecular weight excluding hydrogens is 526 g/mol. The zero-order valence-electron chi connectivity index (χ0n) is 21.8. The second kappa shape index (κ2) is 9.55. The number of fused-ring (bicyclic) bond motifs is 2. The minimum Gasteiger partial charge on any atom is -0.356 e. The topological polar surface area (TPSA) is 124 Å². The second-order valence-electron chi connectivity index (χ2n) is 11.3. The molecule has 204 valence electrons. The number of nitrogens with one attached hydrogen (secondary N) is 3. The molecule has 3 fully saturated rings. The molecule has 4 aromatic rings. The molecule has 1 saturated carbocycles. The minimum atomic E-state index is -0.914. The Morgan fingerprint density at radius 2 is 1.93 bits per heavy atom. The number of thiazole rings is 1. The molecule has 2 aromatic heterocycles. The summed E-state index contributed by atoms with van der Waals surface area (Å²) in [5.74, 6) is -1.35. The van der Waals surface area contributed by atoms with E-state index in [4.69, 9.17) is 0 Å². The van der Waals surface area contributed by atoms with Gasteiger partial charge in [0.1, 0.15) is 11.7 Å². The average molecular weight is 556 g/mol. The summed E-state index contributed by atoms with van der Waals surface area (Å²) in [7, 11) is 0. The highest BCUT2D eigenvalue weighted by molar-refractivity contribution is 7.20. The molecule has 10 heteroatoms. The Morgan fingerprint density at radius 3 is 2.67 bits per heavy atom. The number of Topliss-reactive ketones (excluding diaryl/α,β-unsaturated/α-hetero) is 1. The summed E-state index contributed by atoms with van der Waals surface area (Å²) in [5, 5.41) is 7.03. The fraction of sp³-hybridized carbons (Fsp3) is 0.367. The van der Waals surface area contributed by atoms with Crippen molar-refractivity contribution < 1.29 is 19.2 Å². The van der Waals surface area contributed by atoms with Crippen molar-refractivity contribution in [2.24, 2.45) is 11.3 Å². The quantitative estimate of drug-likeness (QED) is 0.300. The van der Waals surface area contributed by atoms with Crippen LogP contribution in [0, 0.1) is 11.3 Å². The molecular formula is C30H29N5O4S. The van der Waals surface area contributed by atoms with E-state index in [0.717, 1.165) is 34.0 Å². The van der Waals surface area contributed by atoms with Gasteiger partial charge in [-0.2, -0.15) is 0 Å². The Hall–Kier alpha value is -4.05. The van der Waals surface area contributed by atoms with Crippen LogP contribution >= 0.6 is 11.3 Å². The van der Waals surface area contributed by atoms with Crippen molar-refractivity contribution in [1.82, 2.24) is 25.5 Å². The first-order valence-corrected chi connectivity index (χ1v) is 14.6. The van der Waals surface area contributed by atoms with Crippen molar-refractivity contribution in [3.05, 3.63) is 65.3 Å². The van der Waals surface area contributed by atoms with Crippen LogP contribution in [-0.4, -0.2) is 63.5 Å². The van der Waals surface area contributed by atoms with Crippen LogP contribution in [0.15, 0.2) is 54.6 Å². The molecule has 2 aromatic carbocycles. The fourth-order valence-electron chi connectivity index (χ4n) is 6.17. The summed E-state index contributed by atoms with van der Waals surface area (Å²) in [6.45, 7) is 1.07. The zero-order chi connectivity index (χ0) is 27.4. The lowest BCUT2D eigenvalue weighted by Gasteiger charge is -2.26. The lowest BCUT2D eigenvalue weighted by Crippen LogP contribution is -2.51. The highest BCUT2D eigenvalue weighted by Gasteiger charge is 2.55. The highest BCUT2D eigenvalue weighted by atomic mass is 32.1. The van der Waals surface area contributed by atoms with Gasteiger partial charge in [0.15, 0.2) is 5.01 Å². The van der Waals surface area contributed by atoms with E-state index >= 15 is 0 Å². The van der Waals surface area contributed by atoms with Gasteiger partial charge in [-0.15, -0.1) is 11.3 Å². The van der Waals surface area contributed by atoms with Gasteiger partial charge in [0.25, 0.3) is 5.91 Å². The SMILES string of the molecule is O=C1NCC[C@H]1C[C@H](NC(=O)[C@@H]1CC2(CC2)CN1C(=O)c1cc2ccccc2[nH]1)C(=O)c1nc2ccccc2s1. The third-order valence-electron chi connectivity index (χ3n) is 8.61. The van der Waals surface area contributed by atoms with Crippen LogP contribution in [0.1, 0.15) is 52.4 Å². The summed E-state index contributed by atoms with van der Waals surface area (Å²) in [6, 6.07) is 15.4. The second-order valence-corrected chi connectivity index (χ2v) is 12.4. The van der Waals surface area contributed by atoms with Crippen LogP contribution in [0.25, 0.3) is 21.1 Å². The number of ketones is 1. The number of hydrogen-bond donors (Lipinski definition) is 3. The van der Waals surface area contributed by atoms with E-state index in [1.165, 1.54) is 11.3 Å². The van der Waals surface area contributed by atoms with E-state index < -0.39 is 12.1 Å². The van der Waals surface area contributed by atoms with Gasteiger partial charge in [0.2, 0.25) is 17.6 Å². The Morgan fingerprint density at radius 1 is 1.12 bits per heavy atom. The first-order chi connectivity index (χ1) is 19.4. The van der Waals surface area contributed by atoms with Gasteiger partial charge >= 0.3 is 0 Å².